The Hall–Kier alpha value is -3.86. The number of unbranched alkanes of at least 4 members (excludes halogenated alkanes) is 3. The second-order valence-electron chi connectivity index (χ2n) is 19.8. The van der Waals surface area contributed by atoms with Gasteiger partial charge in [-0.05, 0) is 93.9 Å². The minimum atomic E-state index is -0.0341. The van der Waals surface area contributed by atoms with E-state index in [9.17, 15) is 0 Å². The summed E-state index contributed by atoms with van der Waals surface area (Å²) >= 11 is 0. The van der Waals surface area contributed by atoms with Crippen molar-refractivity contribution in [3.05, 3.63) is 25.3 Å². The minimum Gasteiger partial charge on any atom is -0.378 e. The predicted molar refractivity (Wildman–Crippen MR) is 245 cm³/mol. The average Bonchev–Trinajstić information content (AvgIpc) is 3.18. The van der Waals surface area contributed by atoms with Crippen LogP contribution in [0.5, 0.6) is 0 Å². The second kappa shape index (κ2) is 19.9. The van der Waals surface area contributed by atoms with Crippen molar-refractivity contribution in [2.75, 3.05) is 109 Å². The summed E-state index contributed by atoms with van der Waals surface area (Å²) in [7, 11) is 0. The van der Waals surface area contributed by atoms with Gasteiger partial charge in [0, 0.05) is 86.6 Å². The standard InChI is InChI=1S/C44H76N14O2/c1-11-17-45-35-47-37(55-21-25-59-26-22-55)51-39(49-35)57(33-29-41(3,4)53-42(5,6)30-33)19-15-13-14-16-20-58(34-31-43(7,8)54-44(9,10)32-34)40-50-36(46-18-12-2)48-38(52-40)56-23-27-60-28-24-56/h11-12,33-34,53-54H,1-2,13-32H2,3-10H3,(H,45,47,49,51)(H,46,48,50,52). The molecule has 0 aliphatic carbocycles. The van der Waals surface area contributed by atoms with Crippen molar-refractivity contribution in [3.63, 3.8) is 0 Å². The van der Waals surface area contributed by atoms with Crippen molar-refractivity contribution in [2.45, 2.75) is 141 Å². The molecule has 0 aromatic carbocycles. The van der Waals surface area contributed by atoms with Crippen molar-refractivity contribution in [1.82, 2.24) is 40.5 Å². The number of nitrogens with zero attached hydrogens (tertiary/aromatic N) is 10. The molecule has 2 aromatic rings. The smallest absolute Gasteiger partial charge is 0.232 e. The summed E-state index contributed by atoms with van der Waals surface area (Å²) in [5.74, 6) is 4.06. The first-order chi connectivity index (χ1) is 28.5. The van der Waals surface area contributed by atoms with Crippen LogP contribution in [-0.4, -0.2) is 143 Å². The first kappa shape index (κ1) is 45.7. The molecular formula is C44H76N14O2. The van der Waals surface area contributed by atoms with Gasteiger partial charge in [0.15, 0.2) is 0 Å². The van der Waals surface area contributed by atoms with Gasteiger partial charge in [0.25, 0.3) is 0 Å². The van der Waals surface area contributed by atoms with Gasteiger partial charge in [0.2, 0.25) is 35.7 Å². The first-order valence-electron chi connectivity index (χ1n) is 22.5. The summed E-state index contributed by atoms with van der Waals surface area (Å²) in [5.41, 5.74) is -0.136. The molecule has 60 heavy (non-hydrogen) atoms. The van der Waals surface area contributed by atoms with Gasteiger partial charge in [-0.1, -0.05) is 25.0 Å². The van der Waals surface area contributed by atoms with E-state index in [0.717, 1.165) is 103 Å². The Morgan fingerprint density at radius 3 is 1.25 bits per heavy atom. The molecule has 0 spiro atoms. The van der Waals surface area contributed by atoms with E-state index >= 15 is 0 Å². The topological polar surface area (TPSA) is 157 Å². The normalized spacial score (nSPS) is 21.6. The molecular weight excluding hydrogens is 757 g/mol. The van der Waals surface area contributed by atoms with Gasteiger partial charge in [0.05, 0.1) is 26.4 Å². The van der Waals surface area contributed by atoms with E-state index in [2.05, 4.69) is 109 Å². The van der Waals surface area contributed by atoms with Crippen molar-refractivity contribution in [2.24, 2.45) is 0 Å². The molecule has 4 fully saturated rings. The maximum absolute atomic E-state index is 5.68. The van der Waals surface area contributed by atoms with Crippen molar-refractivity contribution >= 4 is 35.7 Å². The Morgan fingerprint density at radius 1 is 0.567 bits per heavy atom. The summed E-state index contributed by atoms with van der Waals surface area (Å²) in [6.45, 7) is 34.9. The van der Waals surface area contributed by atoms with E-state index in [4.69, 9.17) is 39.4 Å². The number of piperidine rings is 2. The second-order valence-corrected chi connectivity index (χ2v) is 19.8. The predicted octanol–water partition coefficient (Wildman–Crippen LogP) is 5.42. The Labute approximate surface area is 360 Å². The molecule has 4 aliphatic rings. The molecule has 0 bridgehead atoms. The molecule has 4 N–H and O–H groups in total. The highest BCUT2D eigenvalue weighted by molar-refractivity contribution is 5.48. The molecule has 0 radical (unpaired) electrons. The number of morpholine rings is 2. The lowest BCUT2D eigenvalue weighted by molar-refractivity contribution is 0.122. The summed E-state index contributed by atoms with van der Waals surface area (Å²) in [6.07, 6.45) is 11.8. The number of hydrogen-bond acceptors (Lipinski definition) is 16. The Kier molecular flexibility index (Phi) is 15.1. The van der Waals surface area contributed by atoms with Gasteiger partial charge in [-0.25, -0.2) is 0 Å². The van der Waals surface area contributed by atoms with Crippen LogP contribution in [0, 0.1) is 0 Å². The van der Waals surface area contributed by atoms with Crippen LogP contribution in [0.1, 0.15) is 107 Å². The number of ether oxygens (including phenoxy) is 2. The fraction of sp³-hybridized carbons (Fsp3) is 0.773. The fourth-order valence-electron chi connectivity index (χ4n) is 10.0. The highest BCUT2D eigenvalue weighted by Crippen LogP contribution is 2.36. The van der Waals surface area contributed by atoms with Crippen molar-refractivity contribution < 1.29 is 9.47 Å². The number of rotatable bonds is 19. The van der Waals surface area contributed by atoms with Gasteiger partial charge in [0.1, 0.15) is 0 Å². The van der Waals surface area contributed by atoms with Crippen LogP contribution < -0.4 is 40.9 Å². The molecule has 0 amide bonds. The molecule has 0 saturated carbocycles. The van der Waals surface area contributed by atoms with Gasteiger partial charge in [-0.2, -0.15) is 29.9 Å². The molecule has 6 heterocycles. The SMILES string of the molecule is C=CCNc1nc(N2CCOCC2)nc(N(CCCCCCN(c2nc(NCC=C)nc(N3CCOCC3)n2)C2CC(C)(C)NC(C)(C)C2)C2CC(C)(C)NC(C)(C)C2)n1. The molecule has 16 nitrogen and oxygen atoms in total. The Morgan fingerprint density at radius 2 is 0.917 bits per heavy atom. The molecule has 4 saturated heterocycles. The van der Waals surface area contributed by atoms with Crippen LogP contribution in [-0.2, 0) is 9.47 Å². The summed E-state index contributed by atoms with van der Waals surface area (Å²) in [5, 5.41) is 14.5. The fourth-order valence-corrected chi connectivity index (χ4v) is 10.0. The van der Waals surface area contributed by atoms with E-state index in [1.807, 2.05) is 12.2 Å². The zero-order chi connectivity index (χ0) is 43.0. The quantitative estimate of drug-likeness (QED) is 0.105. The number of anilines is 6. The van der Waals surface area contributed by atoms with Crippen LogP contribution >= 0.6 is 0 Å². The van der Waals surface area contributed by atoms with Crippen molar-refractivity contribution in [3.8, 4) is 0 Å². The molecule has 4 aliphatic heterocycles. The third-order valence-corrected chi connectivity index (χ3v) is 11.9. The lowest BCUT2D eigenvalue weighted by Gasteiger charge is -2.50. The summed E-state index contributed by atoms with van der Waals surface area (Å²) < 4.78 is 11.4. The lowest BCUT2D eigenvalue weighted by Crippen LogP contribution is -2.62. The molecule has 16 heteroatoms. The van der Waals surface area contributed by atoms with Crippen molar-refractivity contribution in [1.29, 1.82) is 0 Å². The van der Waals surface area contributed by atoms with Gasteiger partial charge < -0.3 is 50.3 Å². The van der Waals surface area contributed by atoms with E-state index in [-0.39, 0.29) is 34.2 Å². The van der Waals surface area contributed by atoms with E-state index < -0.39 is 0 Å². The highest BCUT2D eigenvalue weighted by atomic mass is 16.5. The van der Waals surface area contributed by atoms with E-state index in [0.29, 0.717) is 63.3 Å². The molecule has 2 aromatic heterocycles. The minimum absolute atomic E-state index is 0.0341. The molecule has 0 atom stereocenters. The maximum Gasteiger partial charge on any atom is 0.232 e. The van der Waals surface area contributed by atoms with Crippen LogP contribution in [0.15, 0.2) is 25.3 Å². The highest BCUT2D eigenvalue weighted by Gasteiger charge is 2.42. The Balaban J connectivity index is 1.21. The number of hydrogen-bond donors (Lipinski definition) is 4. The van der Waals surface area contributed by atoms with Gasteiger partial charge in [-0.15, -0.1) is 13.2 Å². The van der Waals surface area contributed by atoms with Crippen LogP contribution in [0.3, 0.4) is 0 Å². The lowest BCUT2D eigenvalue weighted by atomic mass is 9.79. The monoisotopic (exact) mass is 833 g/mol. The maximum atomic E-state index is 5.68. The molecule has 6 rings (SSSR count). The average molecular weight is 833 g/mol. The van der Waals surface area contributed by atoms with Crippen LogP contribution in [0.25, 0.3) is 0 Å². The first-order valence-corrected chi connectivity index (χ1v) is 22.5. The largest absolute Gasteiger partial charge is 0.378 e. The van der Waals surface area contributed by atoms with Crippen LogP contribution in [0.4, 0.5) is 35.7 Å². The van der Waals surface area contributed by atoms with Gasteiger partial charge in [-0.3, -0.25) is 0 Å². The van der Waals surface area contributed by atoms with E-state index in [1.165, 1.54) is 0 Å². The molecule has 334 valence electrons. The summed E-state index contributed by atoms with van der Waals surface area (Å²) in [6, 6.07) is 0.526. The summed E-state index contributed by atoms with van der Waals surface area (Å²) in [4.78, 5) is 39.6. The third kappa shape index (κ3) is 12.8. The number of nitrogens with one attached hydrogen (secondary N) is 4. The Bertz CT molecular complexity index is 1550. The van der Waals surface area contributed by atoms with Crippen LogP contribution in [0.2, 0.25) is 0 Å². The zero-order valence-electron chi connectivity index (χ0n) is 38.2. The number of aromatic nitrogens is 6. The van der Waals surface area contributed by atoms with E-state index in [1.54, 1.807) is 0 Å². The third-order valence-electron chi connectivity index (χ3n) is 11.9. The van der Waals surface area contributed by atoms with Gasteiger partial charge >= 0.3 is 0 Å². The zero-order valence-corrected chi connectivity index (χ0v) is 38.2. The molecule has 0 unspecified atom stereocenters.